The third-order valence-electron chi connectivity index (χ3n) is 4.09. The van der Waals surface area contributed by atoms with Crippen molar-refractivity contribution in [1.82, 2.24) is 9.97 Å². The lowest BCUT2D eigenvalue weighted by Crippen LogP contribution is -2.35. The van der Waals surface area contributed by atoms with Crippen LogP contribution in [0.25, 0.3) is 10.9 Å². The molecular formula is C15H16F3N3O. The lowest BCUT2D eigenvalue weighted by Gasteiger charge is -2.31. The number of fused-ring (bicyclic) bond motifs is 1. The first-order chi connectivity index (χ1) is 10.4. The molecule has 1 aliphatic rings. The first-order valence-electron chi connectivity index (χ1n) is 7.26. The highest BCUT2D eigenvalue weighted by atomic mass is 19.4. The maximum absolute atomic E-state index is 12.8. The number of hydrogen-bond acceptors (Lipinski definition) is 3. The summed E-state index contributed by atoms with van der Waals surface area (Å²) in [5.41, 5.74) is 0.230. The summed E-state index contributed by atoms with van der Waals surface area (Å²) >= 11 is 0. The number of benzene rings is 1. The van der Waals surface area contributed by atoms with Gasteiger partial charge in [0.1, 0.15) is 0 Å². The number of alkyl halides is 3. The summed E-state index contributed by atoms with van der Waals surface area (Å²) in [4.78, 5) is 18.8. The van der Waals surface area contributed by atoms with E-state index in [2.05, 4.69) is 15.3 Å². The van der Waals surface area contributed by atoms with E-state index in [1.54, 1.807) is 24.3 Å². The largest absolute Gasteiger partial charge is 0.391 e. The van der Waals surface area contributed by atoms with Crippen molar-refractivity contribution in [3.63, 3.8) is 0 Å². The van der Waals surface area contributed by atoms with Crippen LogP contribution in [0, 0.1) is 5.92 Å². The molecule has 1 fully saturated rings. The Balaban J connectivity index is 1.80. The van der Waals surface area contributed by atoms with Crippen molar-refractivity contribution in [3.05, 3.63) is 34.6 Å². The van der Waals surface area contributed by atoms with Gasteiger partial charge in [0.05, 0.1) is 16.8 Å². The SMILES string of the molecule is O=c1[nH]c(N[C@H]2CCC[C@H](C(F)(F)F)C2)nc2ccccc12. The number of para-hydroxylation sites is 1. The Kier molecular flexibility index (Phi) is 3.80. The number of halogens is 3. The van der Waals surface area contributed by atoms with Crippen molar-refractivity contribution in [2.45, 2.75) is 37.9 Å². The van der Waals surface area contributed by atoms with Crippen molar-refractivity contribution in [3.8, 4) is 0 Å². The molecule has 0 radical (unpaired) electrons. The molecule has 22 heavy (non-hydrogen) atoms. The molecule has 0 bridgehead atoms. The van der Waals surface area contributed by atoms with Crippen LogP contribution < -0.4 is 10.9 Å². The Bertz CT molecular complexity index is 726. The summed E-state index contributed by atoms with van der Waals surface area (Å²) in [6, 6.07) is 6.53. The number of aromatic nitrogens is 2. The highest BCUT2D eigenvalue weighted by Gasteiger charge is 2.42. The molecule has 0 aliphatic heterocycles. The van der Waals surface area contributed by atoms with Crippen molar-refractivity contribution in [2.24, 2.45) is 5.92 Å². The zero-order valence-electron chi connectivity index (χ0n) is 11.8. The smallest absolute Gasteiger partial charge is 0.353 e. The van der Waals surface area contributed by atoms with Gasteiger partial charge in [-0.15, -0.1) is 0 Å². The molecule has 0 amide bonds. The van der Waals surface area contributed by atoms with Gasteiger partial charge in [0.15, 0.2) is 0 Å². The summed E-state index contributed by atoms with van der Waals surface area (Å²) in [6.07, 6.45) is -2.82. The summed E-state index contributed by atoms with van der Waals surface area (Å²) in [5.74, 6) is -1.05. The van der Waals surface area contributed by atoms with Crippen molar-refractivity contribution in [2.75, 3.05) is 5.32 Å². The minimum Gasteiger partial charge on any atom is -0.353 e. The van der Waals surface area contributed by atoms with Gasteiger partial charge in [-0.1, -0.05) is 18.6 Å². The summed E-state index contributed by atoms with van der Waals surface area (Å²) < 4.78 is 38.5. The average molecular weight is 311 g/mol. The maximum atomic E-state index is 12.8. The van der Waals surface area contributed by atoms with Gasteiger partial charge < -0.3 is 5.32 Å². The fourth-order valence-corrected chi connectivity index (χ4v) is 2.97. The molecule has 7 heteroatoms. The van der Waals surface area contributed by atoms with Gasteiger partial charge in [0.25, 0.3) is 5.56 Å². The van der Waals surface area contributed by atoms with Crippen LogP contribution in [0.3, 0.4) is 0 Å². The monoisotopic (exact) mass is 311 g/mol. The number of aromatic amines is 1. The number of anilines is 1. The van der Waals surface area contributed by atoms with E-state index < -0.39 is 12.1 Å². The predicted octanol–water partition coefficient (Wildman–Crippen LogP) is 3.46. The fraction of sp³-hybridized carbons (Fsp3) is 0.467. The molecule has 1 saturated carbocycles. The molecular weight excluding hydrogens is 295 g/mol. The second-order valence-electron chi connectivity index (χ2n) is 5.68. The lowest BCUT2D eigenvalue weighted by atomic mass is 9.85. The maximum Gasteiger partial charge on any atom is 0.391 e. The Morgan fingerprint density at radius 3 is 2.77 bits per heavy atom. The molecule has 2 atom stereocenters. The number of nitrogens with zero attached hydrogens (tertiary/aromatic N) is 1. The highest BCUT2D eigenvalue weighted by Crippen LogP contribution is 2.38. The molecule has 1 aliphatic carbocycles. The molecule has 1 aromatic carbocycles. The third-order valence-corrected chi connectivity index (χ3v) is 4.09. The van der Waals surface area contributed by atoms with Crippen LogP contribution in [-0.2, 0) is 0 Å². The Morgan fingerprint density at radius 2 is 2.00 bits per heavy atom. The van der Waals surface area contributed by atoms with Crippen LogP contribution in [0.2, 0.25) is 0 Å². The Hall–Kier alpha value is -2.05. The molecule has 0 spiro atoms. The van der Waals surface area contributed by atoms with E-state index in [0.29, 0.717) is 23.7 Å². The molecule has 1 heterocycles. The number of rotatable bonds is 2. The normalized spacial score (nSPS) is 22.7. The van der Waals surface area contributed by atoms with Crippen molar-refractivity contribution >= 4 is 16.9 Å². The quantitative estimate of drug-likeness (QED) is 0.893. The van der Waals surface area contributed by atoms with Gasteiger partial charge >= 0.3 is 6.18 Å². The van der Waals surface area contributed by atoms with E-state index in [4.69, 9.17) is 0 Å². The molecule has 2 N–H and O–H groups in total. The van der Waals surface area contributed by atoms with Crippen LogP contribution in [-0.4, -0.2) is 22.2 Å². The van der Waals surface area contributed by atoms with Gasteiger partial charge in [-0.05, 0) is 31.4 Å². The van der Waals surface area contributed by atoms with Crippen molar-refractivity contribution in [1.29, 1.82) is 0 Å². The number of H-pyrrole nitrogens is 1. The Labute approximate surface area is 124 Å². The van der Waals surface area contributed by atoms with E-state index in [0.717, 1.165) is 0 Å². The predicted molar refractivity (Wildman–Crippen MR) is 77.8 cm³/mol. The minimum absolute atomic E-state index is 0.0139. The van der Waals surface area contributed by atoms with E-state index >= 15 is 0 Å². The van der Waals surface area contributed by atoms with E-state index in [9.17, 15) is 18.0 Å². The second-order valence-corrected chi connectivity index (χ2v) is 5.68. The first-order valence-corrected chi connectivity index (χ1v) is 7.26. The number of hydrogen-bond donors (Lipinski definition) is 2. The molecule has 0 unspecified atom stereocenters. The zero-order valence-corrected chi connectivity index (χ0v) is 11.8. The minimum atomic E-state index is -4.16. The van der Waals surface area contributed by atoms with Crippen molar-refractivity contribution < 1.29 is 13.2 Å². The molecule has 1 aromatic heterocycles. The molecule has 4 nitrogen and oxygen atoms in total. The molecule has 2 aromatic rings. The van der Waals surface area contributed by atoms with E-state index in [1.807, 2.05) is 0 Å². The molecule has 118 valence electrons. The topological polar surface area (TPSA) is 57.8 Å². The standard InChI is InChI=1S/C15H16F3N3O/c16-15(17,18)9-4-3-5-10(8-9)19-14-20-12-7-2-1-6-11(12)13(22)21-14/h1-2,6-7,9-10H,3-5,8H2,(H2,19,20,21,22)/t9-,10-/m0/s1. The van der Waals surface area contributed by atoms with E-state index in [-0.39, 0.29) is 30.4 Å². The third kappa shape index (κ3) is 3.08. The van der Waals surface area contributed by atoms with Crippen LogP contribution in [0.4, 0.5) is 19.1 Å². The van der Waals surface area contributed by atoms with Crippen LogP contribution in [0.1, 0.15) is 25.7 Å². The van der Waals surface area contributed by atoms with Gasteiger partial charge in [0, 0.05) is 6.04 Å². The van der Waals surface area contributed by atoms with Gasteiger partial charge in [-0.3, -0.25) is 9.78 Å². The van der Waals surface area contributed by atoms with Crippen LogP contribution in [0.5, 0.6) is 0 Å². The van der Waals surface area contributed by atoms with Gasteiger partial charge in [-0.25, -0.2) is 4.98 Å². The second kappa shape index (κ2) is 5.62. The average Bonchev–Trinajstić information content (AvgIpc) is 2.47. The van der Waals surface area contributed by atoms with Gasteiger partial charge in [0.2, 0.25) is 5.95 Å². The van der Waals surface area contributed by atoms with Crippen LogP contribution >= 0.6 is 0 Å². The van der Waals surface area contributed by atoms with Crippen LogP contribution in [0.15, 0.2) is 29.1 Å². The summed E-state index contributed by atoms with van der Waals surface area (Å²) in [6.45, 7) is 0. The molecule has 3 rings (SSSR count). The first kappa shape index (κ1) is 14.9. The zero-order chi connectivity index (χ0) is 15.7. The fourth-order valence-electron chi connectivity index (χ4n) is 2.97. The Morgan fingerprint density at radius 1 is 1.23 bits per heavy atom. The summed E-state index contributed by atoms with van der Waals surface area (Å²) in [5, 5.41) is 3.41. The highest BCUT2D eigenvalue weighted by molar-refractivity contribution is 5.78. The number of nitrogens with one attached hydrogen (secondary N) is 2. The molecule has 0 saturated heterocycles. The van der Waals surface area contributed by atoms with Gasteiger partial charge in [-0.2, -0.15) is 13.2 Å². The van der Waals surface area contributed by atoms with E-state index in [1.165, 1.54) is 0 Å². The lowest BCUT2D eigenvalue weighted by molar-refractivity contribution is -0.182. The summed E-state index contributed by atoms with van der Waals surface area (Å²) in [7, 11) is 0.